The third kappa shape index (κ3) is 1.71. The summed E-state index contributed by atoms with van der Waals surface area (Å²) in [4.78, 5) is 13.7. The number of nitrogen functional groups attached to an aromatic ring is 1. The van der Waals surface area contributed by atoms with Crippen LogP contribution in [0.2, 0.25) is 0 Å². The molecule has 2 rings (SSSR count). The fourth-order valence-corrected chi connectivity index (χ4v) is 1.96. The minimum Gasteiger partial charge on any atom is -0.389 e. The van der Waals surface area contributed by atoms with E-state index in [0.29, 0.717) is 10.6 Å². The highest BCUT2D eigenvalue weighted by atomic mass is 32.1. The standard InChI is InChI=1S/C8H12N4OS/c9-7-6(5-11-14-7)8(13)12-3-1-10-2-4-12/h5,10H,1-4,9H2. The number of anilines is 1. The van der Waals surface area contributed by atoms with Crippen LogP contribution in [0.25, 0.3) is 0 Å². The van der Waals surface area contributed by atoms with Crippen LogP contribution in [-0.2, 0) is 0 Å². The zero-order chi connectivity index (χ0) is 9.97. The summed E-state index contributed by atoms with van der Waals surface area (Å²) in [7, 11) is 0. The minimum atomic E-state index is -0.00208. The summed E-state index contributed by atoms with van der Waals surface area (Å²) < 4.78 is 3.89. The molecule has 1 fully saturated rings. The van der Waals surface area contributed by atoms with Gasteiger partial charge in [0.05, 0.1) is 11.8 Å². The zero-order valence-electron chi connectivity index (χ0n) is 7.69. The molecule has 0 atom stereocenters. The van der Waals surface area contributed by atoms with Gasteiger partial charge in [-0.2, -0.15) is 4.37 Å². The van der Waals surface area contributed by atoms with Crippen LogP contribution in [0.1, 0.15) is 10.4 Å². The summed E-state index contributed by atoms with van der Waals surface area (Å²) in [6, 6.07) is 0. The van der Waals surface area contributed by atoms with E-state index in [0.717, 1.165) is 37.7 Å². The smallest absolute Gasteiger partial charge is 0.258 e. The summed E-state index contributed by atoms with van der Waals surface area (Å²) in [6.07, 6.45) is 1.55. The molecule has 1 aromatic rings. The van der Waals surface area contributed by atoms with Crippen molar-refractivity contribution in [1.29, 1.82) is 0 Å². The first-order chi connectivity index (χ1) is 6.79. The molecule has 0 aromatic carbocycles. The van der Waals surface area contributed by atoms with E-state index in [9.17, 15) is 4.79 Å². The maximum absolute atomic E-state index is 11.9. The quantitative estimate of drug-likeness (QED) is 0.674. The van der Waals surface area contributed by atoms with E-state index in [4.69, 9.17) is 5.73 Å². The molecule has 0 spiro atoms. The molecule has 6 heteroatoms. The number of rotatable bonds is 1. The van der Waals surface area contributed by atoms with Crippen molar-refractivity contribution in [3.8, 4) is 0 Å². The largest absolute Gasteiger partial charge is 0.389 e. The van der Waals surface area contributed by atoms with Gasteiger partial charge in [-0.1, -0.05) is 0 Å². The maximum Gasteiger partial charge on any atom is 0.258 e. The number of piperazine rings is 1. The number of hydrogen-bond donors (Lipinski definition) is 2. The highest BCUT2D eigenvalue weighted by molar-refractivity contribution is 7.10. The lowest BCUT2D eigenvalue weighted by molar-refractivity contribution is 0.0737. The number of carbonyl (C=O) groups is 1. The van der Waals surface area contributed by atoms with Gasteiger partial charge >= 0.3 is 0 Å². The van der Waals surface area contributed by atoms with Gasteiger partial charge in [0, 0.05) is 26.2 Å². The van der Waals surface area contributed by atoms with Gasteiger partial charge in [0.1, 0.15) is 5.00 Å². The Balaban J connectivity index is 2.11. The first kappa shape index (κ1) is 9.42. The average molecular weight is 212 g/mol. The van der Waals surface area contributed by atoms with Crippen LogP contribution < -0.4 is 11.1 Å². The molecule has 1 saturated heterocycles. The molecule has 2 heterocycles. The van der Waals surface area contributed by atoms with Gasteiger partial charge in [-0.3, -0.25) is 4.79 Å². The summed E-state index contributed by atoms with van der Waals surface area (Å²) in [5.41, 5.74) is 6.18. The SMILES string of the molecule is Nc1sncc1C(=O)N1CCNCC1. The van der Waals surface area contributed by atoms with E-state index < -0.39 is 0 Å². The minimum absolute atomic E-state index is 0.00208. The topological polar surface area (TPSA) is 71.2 Å². The Kier molecular flexibility index (Phi) is 2.64. The first-order valence-corrected chi connectivity index (χ1v) is 5.26. The molecule has 14 heavy (non-hydrogen) atoms. The van der Waals surface area contributed by atoms with Crippen molar-refractivity contribution in [2.75, 3.05) is 31.9 Å². The van der Waals surface area contributed by atoms with E-state index >= 15 is 0 Å². The molecule has 0 bridgehead atoms. The van der Waals surface area contributed by atoms with Crippen molar-refractivity contribution in [1.82, 2.24) is 14.6 Å². The fourth-order valence-electron chi connectivity index (χ4n) is 1.45. The van der Waals surface area contributed by atoms with Gasteiger partial charge in [-0.25, -0.2) is 0 Å². The van der Waals surface area contributed by atoms with Crippen LogP contribution in [0.4, 0.5) is 5.00 Å². The van der Waals surface area contributed by atoms with Crippen molar-refractivity contribution >= 4 is 22.4 Å². The van der Waals surface area contributed by atoms with Gasteiger partial charge in [-0.05, 0) is 11.5 Å². The molecular weight excluding hydrogens is 200 g/mol. The van der Waals surface area contributed by atoms with Gasteiger partial charge in [0.25, 0.3) is 5.91 Å². The number of amides is 1. The number of nitrogens with two attached hydrogens (primary N) is 1. The van der Waals surface area contributed by atoms with Crippen LogP contribution in [0.15, 0.2) is 6.20 Å². The lowest BCUT2D eigenvalue weighted by atomic mass is 10.2. The second-order valence-corrected chi connectivity index (χ2v) is 3.98. The van der Waals surface area contributed by atoms with Gasteiger partial charge in [0.15, 0.2) is 0 Å². The van der Waals surface area contributed by atoms with Crippen LogP contribution in [0.3, 0.4) is 0 Å². The number of hydrogen-bond acceptors (Lipinski definition) is 5. The van der Waals surface area contributed by atoms with Crippen LogP contribution >= 0.6 is 11.5 Å². The predicted octanol–water partition coefficient (Wildman–Crippen LogP) is -0.229. The van der Waals surface area contributed by atoms with E-state index in [2.05, 4.69) is 9.69 Å². The Morgan fingerprint density at radius 1 is 1.57 bits per heavy atom. The molecule has 1 aliphatic heterocycles. The van der Waals surface area contributed by atoms with Crippen molar-refractivity contribution in [2.24, 2.45) is 0 Å². The summed E-state index contributed by atoms with van der Waals surface area (Å²) >= 11 is 1.16. The molecule has 0 radical (unpaired) electrons. The molecule has 3 N–H and O–H groups in total. The molecule has 0 saturated carbocycles. The number of nitrogens with one attached hydrogen (secondary N) is 1. The van der Waals surface area contributed by atoms with Crippen molar-refractivity contribution in [3.63, 3.8) is 0 Å². The van der Waals surface area contributed by atoms with Gasteiger partial charge < -0.3 is 16.0 Å². The monoisotopic (exact) mass is 212 g/mol. The second kappa shape index (κ2) is 3.93. The van der Waals surface area contributed by atoms with Crippen LogP contribution in [-0.4, -0.2) is 41.4 Å². The number of nitrogens with zero attached hydrogens (tertiary/aromatic N) is 2. The Morgan fingerprint density at radius 2 is 2.29 bits per heavy atom. The van der Waals surface area contributed by atoms with Crippen molar-refractivity contribution in [2.45, 2.75) is 0 Å². The Bertz CT molecular complexity index is 332. The number of carbonyl (C=O) groups excluding carboxylic acids is 1. The van der Waals surface area contributed by atoms with Crippen molar-refractivity contribution in [3.05, 3.63) is 11.8 Å². The third-order valence-electron chi connectivity index (χ3n) is 2.23. The normalized spacial score (nSPS) is 17.0. The Labute approximate surface area is 86.1 Å². The third-order valence-corrected chi connectivity index (χ3v) is 2.86. The van der Waals surface area contributed by atoms with E-state index in [1.807, 2.05) is 0 Å². The molecule has 1 amide bonds. The van der Waals surface area contributed by atoms with Crippen LogP contribution in [0, 0.1) is 0 Å². The second-order valence-electron chi connectivity index (χ2n) is 3.15. The number of aromatic nitrogens is 1. The fraction of sp³-hybridized carbons (Fsp3) is 0.500. The molecule has 1 aliphatic rings. The molecule has 1 aromatic heterocycles. The molecule has 5 nitrogen and oxygen atoms in total. The average Bonchev–Trinajstić information content (AvgIpc) is 2.65. The summed E-state index contributed by atoms with van der Waals surface area (Å²) in [5, 5.41) is 3.70. The molecule has 0 unspecified atom stereocenters. The van der Waals surface area contributed by atoms with E-state index in [-0.39, 0.29) is 5.91 Å². The zero-order valence-corrected chi connectivity index (χ0v) is 8.51. The predicted molar refractivity (Wildman–Crippen MR) is 55.3 cm³/mol. The Hall–Kier alpha value is -1.14. The molecule has 0 aliphatic carbocycles. The van der Waals surface area contributed by atoms with Gasteiger partial charge in [-0.15, -0.1) is 0 Å². The van der Waals surface area contributed by atoms with Crippen molar-refractivity contribution < 1.29 is 4.79 Å². The van der Waals surface area contributed by atoms with E-state index in [1.54, 1.807) is 11.1 Å². The summed E-state index contributed by atoms with van der Waals surface area (Å²) in [5.74, 6) is -0.00208. The first-order valence-electron chi connectivity index (χ1n) is 4.49. The highest BCUT2D eigenvalue weighted by Crippen LogP contribution is 2.17. The van der Waals surface area contributed by atoms with E-state index in [1.165, 1.54) is 0 Å². The molecular formula is C8H12N4OS. The maximum atomic E-state index is 11.9. The summed E-state index contributed by atoms with van der Waals surface area (Å²) in [6.45, 7) is 3.19. The Morgan fingerprint density at radius 3 is 2.86 bits per heavy atom. The van der Waals surface area contributed by atoms with Crippen LogP contribution in [0.5, 0.6) is 0 Å². The lowest BCUT2D eigenvalue weighted by Gasteiger charge is -2.27. The van der Waals surface area contributed by atoms with Gasteiger partial charge in [0.2, 0.25) is 0 Å². The highest BCUT2D eigenvalue weighted by Gasteiger charge is 2.20. The molecule has 76 valence electrons. The lowest BCUT2D eigenvalue weighted by Crippen LogP contribution is -2.46.